The molecule has 0 aliphatic heterocycles. The summed E-state index contributed by atoms with van der Waals surface area (Å²) in [5.41, 5.74) is 13.1. The molecule has 5 nitrogen and oxygen atoms in total. The predicted octanol–water partition coefficient (Wildman–Crippen LogP) is 14.8. The van der Waals surface area contributed by atoms with Gasteiger partial charge in [0.1, 0.15) is 0 Å². The molecule has 1 aliphatic carbocycles. The van der Waals surface area contributed by atoms with Gasteiger partial charge in [-0.1, -0.05) is 186 Å². The monoisotopic (exact) mass is 813 g/mol. The molecule has 0 bridgehead atoms. The Balaban J connectivity index is 1.19. The molecular formula is C58H47N5. The zero-order chi connectivity index (χ0) is 42.6. The number of aromatic nitrogens is 5. The first-order chi connectivity index (χ1) is 30.7. The largest absolute Gasteiger partial charge is 0.309 e. The summed E-state index contributed by atoms with van der Waals surface area (Å²) in [4.78, 5) is 15.7. The molecule has 0 fully saturated rings. The summed E-state index contributed by atoms with van der Waals surface area (Å²) >= 11 is 0. The van der Waals surface area contributed by atoms with E-state index in [1.165, 1.54) is 49.6 Å². The third-order valence-corrected chi connectivity index (χ3v) is 14.3. The standard InChI is InChI=1S/C58H47N5/c1-36-35-57(2,3)45-28-18-27-42(52(45)58(36,4)5)41-25-14-16-29-46(41)62-47-30-17-15-26-43(47)50-48(62)33-34-49-51(50)44-32-31-37-19-12-13-24-40(37)53(44)63(49)56-60-54(38-20-8-6-9-21-38)59-55(61-56)39-22-10-7-11-23-39/h6-34,36H,35H2,1-5H3. The van der Waals surface area contributed by atoms with E-state index in [-0.39, 0.29) is 10.8 Å². The fraction of sp³-hybridized carbons (Fsp3) is 0.155. The van der Waals surface area contributed by atoms with Crippen LogP contribution in [0.4, 0.5) is 0 Å². The molecule has 0 N–H and O–H groups in total. The normalized spacial score (nSPS) is 15.7. The van der Waals surface area contributed by atoms with E-state index in [1.54, 1.807) is 0 Å². The van der Waals surface area contributed by atoms with Gasteiger partial charge in [0, 0.05) is 43.6 Å². The van der Waals surface area contributed by atoms with Crippen molar-refractivity contribution in [3.63, 3.8) is 0 Å². The number of benzene rings is 8. The van der Waals surface area contributed by atoms with E-state index in [0.29, 0.717) is 23.5 Å². The second-order valence-electron chi connectivity index (χ2n) is 18.7. The van der Waals surface area contributed by atoms with Gasteiger partial charge in [-0.3, -0.25) is 4.57 Å². The minimum absolute atomic E-state index is 0.00191. The first kappa shape index (κ1) is 37.4. The van der Waals surface area contributed by atoms with Crippen molar-refractivity contribution in [1.82, 2.24) is 24.1 Å². The van der Waals surface area contributed by atoms with E-state index in [1.807, 2.05) is 36.4 Å². The average molecular weight is 814 g/mol. The summed E-state index contributed by atoms with van der Waals surface area (Å²) in [5.74, 6) is 2.38. The Morgan fingerprint density at radius 2 is 1.06 bits per heavy atom. The van der Waals surface area contributed by atoms with Crippen LogP contribution in [0.25, 0.3) is 99.9 Å². The maximum absolute atomic E-state index is 5.32. The van der Waals surface area contributed by atoms with E-state index in [4.69, 9.17) is 15.0 Å². The molecule has 63 heavy (non-hydrogen) atoms. The van der Waals surface area contributed by atoms with Crippen molar-refractivity contribution in [2.45, 2.75) is 51.9 Å². The lowest BCUT2D eigenvalue weighted by molar-refractivity contribution is 0.234. The summed E-state index contributed by atoms with van der Waals surface area (Å²) in [6.45, 7) is 12.2. The van der Waals surface area contributed by atoms with Crippen molar-refractivity contribution in [3.05, 3.63) is 187 Å². The highest BCUT2D eigenvalue weighted by Gasteiger charge is 2.43. The molecule has 3 heterocycles. The third-order valence-electron chi connectivity index (χ3n) is 14.3. The van der Waals surface area contributed by atoms with Gasteiger partial charge in [-0.25, -0.2) is 4.98 Å². The number of nitrogens with zero attached hydrogens (tertiary/aromatic N) is 5. The van der Waals surface area contributed by atoms with Gasteiger partial charge in [0.2, 0.25) is 5.95 Å². The molecule has 3 aromatic heterocycles. The Morgan fingerprint density at radius 3 is 1.79 bits per heavy atom. The zero-order valence-electron chi connectivity index (χ0n) is 36.3. The molecule has 11 aromatic rings. The van der Waals surface area contributed by atoms with Crippen LogP contribution in [0.3, 0.4) is 0 Å². The first-order valence-corrected chi connectivity index (χ1v) is 22.2. The second-order valence-corrected chi connectivity index (χ2v) is 18.7. The van der Waals surface area contributed by atoms with E-state index in [0.717, 1.165) is 50.3 Å². The Labute approximate surface area is 367 Å². The van der Waals surface area contributed by atoms with Crippen LogP contribution in [0.2, 0.25) is 0 Å². The van der Waals surface area contributed by atoms with E-state index < -0.39 is 0 Å². The van der Waals surface area contributed by atoms with E-state index in [9.17, 15) is 0 Å². The Morgan fingerprint density at radius 1 is 0.476 bits per heavy atom. The number of rotatable bonds is 5. The number of para-hydroxylation sites is 2. The lowest BCUT2D eigenvalue weighted by atomic mass is 9.57. The molecule has 1 unspecified atom stereocenters. The zero-order valence-corrected chi connectivity index (χ0v) is 36.3. The highest BCUT2D eigenvalue weighted by molar-refractivity contribution is 6.31. The Hall–Kier alpha value is -7.37. The van der Waals surface area contributed by atoms with Gasteiger partial charge in [-0.15, -0.1) is 0 Å². The number of hydrogen-bond donors (Lipinski definition) is 0. The highest BCUT2D eigenvalue weighted by atomic mass is 15.2. The third kappa shape index (κ3) is 5.58. The molecule has 0 radical (unpaired) electrons. The molecule has 0 saturated heterocycles. The average Bonchev–Trinajstić information content (AvgIpc) is 3.84. The lowest BCUT2D eigenvalue weighted by Gasteiger charge is -2.47. The van der Waals surface area contributed by atoms with Crippen molar-refractivity contribution in [2.24, 2.45) is 5.92 Å². The number of fused-ring (bicyclic) bond motifs is 10. The van der Waals surface area contributed by atoms with Gasteiger partial charge in [-0.2, -0.15) is 9.97 Å². The molecule has 5 heteroatoms. The predicted molar refractivity (Wildman–Crippen MR) is 262 cm³/mol. The molecule has 1 aliphatic rings. The minimum atomic E-state index is 0.00191. The fourth-order valence-corrected chi connectivity index (χ4v) is 11.0. The second kappa shape index (κ2) is 13.8. The van der Waals surface area contributed by atoms with Gasteiger partial charge < -0.3 is 4.57 Å². The van der Waals surface area contributed by atoms with Crippen LogP contribution >= 0.6 is 0 Å². The molecular weight excluding hydrogens is 767 g/mol. The maximum atomic E-state index is 5.32. The summed E-state index contributed by atoms with van der Waals surface area (Å²) in [5, 5.41) is 7.05. The van der Waals surface area contributed by atoms with Crippen LogP contribution in [-0.2, 0) is 10.8 Å². The van der Waals surface area contributed by atoms with Crippen LogP contribution < -0.4 is 0 Å². The smallest absolute Gasteiger partial charge is 0.238 e. The van der Waals surface area contributed by atoms with E-state index >= 15 is 0 Å². The van der Waals surface area contributed by atoms with Gasteiger partial charge in [0.15, 0.2) is 11.6 Å². The maximum Gasteiger partial charge on any atom is 0.238 e. The van der Waals surface area contributed by atoms with Crippen molar-refractivity contribution in [3.8, 4) is 45.5 Å². The van der Waals surface area contributed by atoms with Crippen LogP contribution in [0.5, 0.6) is 0 Å². The van der Waals surface area contributed by atoms with Crippen molar-refractivity contribution in [2.75, 3.05) is 0 Å². The molecule has 12 rings (SSSR count). The molecule has 304 valence electrons. The van der Waals surface area contributed by atoms with Crippen LogP contribution in [0.1, 0.15) is 52.2 Å². The van der Waals surface area contributed by atoms with Crippen molar-refractivity contribution < 1.29 is 0 Å². The molecule has 0 amide bonds. The van der Waals surface area contributed by atoms with Crippen LogP contribution in [0.15, 0.2) is 176 Å². The van der Waals surface area contributed by atoms with Gasteiger partial charge in [-0.05, 0) is 69.5 Å². The molecule has 0 saturated carbocycles. The topological polar surface area (TPSA) is 48.5 Å². The van der Waals surface area contributed by atoms with Crippen LogP contribution in [0, 0.1) is 5.92 Å². The Kier molecular flexibility index (Phi) is 8.20. The van der Waals surface area contributed by atoms with Crippen molar-refractivity contribution in [1.29, 1.82) is 0 Å². The van der Waals surface area contributed by atoms with Crippen LogP contribution in [-0.4, -0.2) is 24.1 Å². The number of hydrogen-bond acceptors (Lipinski definition) is 3. The summed E-state index contributed by atoms with van der Waals surface area (Å²) < 4.78 is 4.80. The van der Waals surface area contributed by atoms with Gasteiger partial charge in [0.05, 0.1) is 27.8 Å². The van der Waals surface area contributed by atoms with Gasteiger partial charge >= 0.3 is 0 Å². The summed E-state index contributed by atoms with van der Waals surface area (Å²) in [7, 11) is 0. The summed E-state index contributed by atoms with van der Waals surface area (Å²) in [6.07, 6.45) is 1.16. The summed E-state index contributed by atoms with van der Waals surface area (Å²) in [6, 6.07) is 63.3. The quantitative estimate of drug-likeness (QED) is 0.174. The lowest BCUT2D eigenvalue weighted by Crippen LogP contribution is -2.40. The molecule has 0 spiro atoms. The molecule has 1 atom stereocenters. The Bertz CT molecular complexity index is 3550. The van der Waals surface area contributed by atoms with Crippen molar-refractivity contribution >= 4 is 54.4 Å². The minimum Gasteiger partial charge on any atom is -0.309 e. The highest BCUT2D eigenvalue weighted by Crippen LogP contribution is 2.53. The van der Waals surface area contributed by atoms with Gasteiger partial charge in [0.25, 0.3) is 0 Å². The SMILES string of the molecule is CC1CC(C)(C)c2cccc(-c3ccccc3-n3c4ccccc4c4c5c6ccc7ccccc7c6n(-c6nc(-c7ccccc7)nc(-c7ccccc7)n6)c5ccc43)c2C1(C)C. The first-order valence-electron chi connectivity index (χ1n) is 22.2. The van der Waals surface area contributed by atoms with E-state index in [2.05, 4.69) is 183 Å². The molecule has 8 aromatic carbocycles. The fourth-order valence-electron chi connectivity index (χ4n) is 11.0.